The second kappa shape index (κ2) is 6.78. The Labute approximate surface area is 113 Å². The van der Waals surface area contributed by atoms with Crippen LogP contribution in [0.3, 0.4) is 0 Å². The van der Waals surface area contributed by atoms with Gasteiger partial charge in [0.05, 0.1) is 12.1 Å². The maximum atomic E-state index is 12.4. The van der Waals surface area contributed by atoms with Gasteiger partial charge in [0.15, 0.2) is 0 Å². The third-order valence-electron chi connectivity index (χ3n) is 2.62. The zero-order valence-electron chi connectivity index (χ0n) is 11.6. The molecule has 5 nitrogen and oxygen atoms in total. The molecule has 0 unspecified atom stereocenters. The van der Waals surface area contributed by atoms with Crippen molar-refractivity contribution < 1.29 is 9.59 Å². The summed E-state index contributed by atoms with van der Waals surface area (Å²) in [5, 5.41) is 3.22. The van der Waals surface area contributed by atoms with E-state index in [2.05, 4.69) is 5.32 Å². The Morgan fingerprint density at radius 3 is 2.47 bits per heavy atom. The number of hydrogen-bond acceptors (Lipinski definition) is 3. The number of nitrogens with zero attached hydrogens (tertiary/aromatic N) is 1. The molecule has 3 N–H and O–H groups in total. The minimum atomic E-state index is -0.510. The van der Waals surface area contributed by atoms with Gasteiger partial charge in [-0.25, -0.2) is 0 Å². The first kappa shape index (κ1) is 15.0. The molecule has 0 bridgehead atoms. The van der Waals surface area contributed by atoms with Gasteiger partial charge in [0.1, 0.15) is 0 Å². The summed E-state index contributed by atoms with van der Waals surface area (Å²) in [7, 11) is 0. The van der Waals surface area contributed by atoms with Crippen LogP contribution in [0.1, 0.15) is 31.1 Å². The Balaban J connectivity index is 3.00. The molecule has 1 aromatic rings. The fourth-order valence-corrected chi connectivity index (χ4v) is 1.79. The first-order chi connectivity index (χ1) is 8.95. The summed E-state index contributed by atoms with van der Waals surface area (Å²) in [5.74, 6) is -0.699. The molecule has 104 valence electrons. The monoisotopic (exact) mass is 263 g/mol. The summed E-state index contributed by atoms with van der Waals surface area (Å²) in [5.41, 5.74) is 6.48. The lowest BCUT2D eigenvalue weighted by Gasteiger charge is -2.21. The Bertz CT molecular complexity index is 458. The standard InChI is InChI=1S/C14H21N3O2/c1-4-17(9-13(15)18)14(19)11-7-5-6-8-12(11)16-10(2)3/h5-8,10,16H,4,9H2,1-3H3,(H2,15,18). The number of rotatable bonds is 6. The van der Waals surface area contributed by atoms with Gasteiger partial charge in [-0.2, -0.15) is 0 Å². The second-order valence-corrected chi connectivity index (χ2v) is 4.63. The van der Waals surface area contributed by atoms with Crippen LogP contribution in [-0.4, -0.2) is 35.8 Å². The Kier molecular flexibility index (Phi) is 5.36. The van der Waals surface area contributed by atoms with Gasteiger partial charge in [-0.3, -0.25) is 9.59 Å². The van der Waals surface area contributed by atoms with Gasteiger partial charge in [0.25, 0.3) is 5.91 Å². The van der Waals surface area contributed by atoms with Crippen LogP contribution >= 0.6 is 0 Å². The number of anilines is 1. The van der Waals surface area contributed by atoms with Crippen LogP contribution < -0.4 is 11.1 Å². The molecule has 0 spiro atoms. The summed E-state index contributed by atoms with van der Waals surface area (Å²) in [6, 6.07) is 7.49. The van der Waals surface area contributed by atoms with Crippen molar-refractivity contribution in [3.8, 4) is 0 Å². The van der Waals surface area contributed by atoms with Crippen LogP contribution in [0.5, 0.6) is 0 Å². The van der Waals surface area contributed by atoms with Gasteiger partial charge in [-0.1, -0.05) is 12.1 Å². The second-order valence-electron chi connectivity index (χ2n) is 4.63. The largest absolute Gasteiger partial charge is 0.382 e. The highest BCUT2D eigenvalue weighted by Gasteiger charge is 2.18. The van der Waals surface area contributed by atoms with Crippen molar-refractivity contribution in [3.05, 3.63) is 29.8 Å². The highest BCUT2D eigenvalue weighted by atomic mass is 16.2. The molecule has 5 heteroatoms. The Morgan fingerprint density at radius 1 is 1.32 bits per heavy atom. The Hall–Kier alpha value is -2.04. The molecular formula is C14H21N3O2. The van der Waals surface area contributed by atoms with E-state index >= 15 is 0 Å². The van der Waals surface area contributed by atoms with Crippen molar-refractivity contribution in [1.82, 2.24) is 4.90 Å². The van der Waals surface area contributed by atoms with Crippen LogP contribution in [0.2, 0.25) is 0 Å². The van der Waals surface area contributed by atoms with Crippen LogP contribution in [0, 0.1) is 0 Å². The van der Waals surface area contributed by atoms with Gasteiger partial charge in [-0.05, 0) is 32.9 Å². The number of likely N-dealkylation sites (N-methyl/N-ethyl adjacent to an activating group) is 1. The molecular weight excluding hydrogens is 242 g/mol. The molecule has 0 aromatic heterocycles. The van der Waals surface area contributed by atoms with Gasteiger partial charge < -0.3 is 16.0 Å². The quantitative estimate of drug-likeness (QED) is 0.815. The van der Waals surface area contributed by atoms with E-state index in [0.717, 1.165) is 5.69 Å². The SMILES string of the molecule is CCN(CC(N)=O)C(=O)c1ccccc1NC(C)C. The van der Waals surface area contributed by atoms with Crippen molar-refractivity contribution in [2.24, 2.45) is 5.73 Å². The molecule has 0 aliphatic carbocycles. The molecule has 0 aliphatic rings. The summed E-state index contributed by atoms with van der Waals surface area (Å²) in [6.07, 6.45) is 0. The number of benzene rings is 1. The summed E-state index contributed by atoms with van der Waals surface area (Å²) in [6.45, 7) is 6.20. The van der Waals surface area contributed by atoms with Gasteiger partial charge in [0, 0.05) is 18.3 Å². The van der Waals surface area contributed by atoms with Crippen molar-refractivity contribution in [3.63, 3.8) is 0 Å². The van der Waals surface area contributed by atoms with Gasteiger partial charge in [-0.15, -0.1) is 0 Å². The minimum Gasteiger partial charge on any atom is -0.382 e. The first-order valence-electron chi connectivity index (χ1n) is 6.38. The Morgan fingerprint density at radius 2 is 1.95 bits per heavy atom. The van der Waals surface area contributed by atoms with E-state index in [0.29, 0.717) is 12.1 Å². The van der Waals surface area contributed by atoms with E-state index in [4.69, 9.17) is 5.73 Å². The molecule has 0 saturated heterocycles. The summed E-state index contributed by atoms with van der Waals surface area (Å²) >= 11 is 0. The molecule has 0 atom stereocenters. The van der Waals surface area contributed by atoms with E-state index in [1.807, 2.05) is 32.9 Å². The minimum absolute atomic E-state index is 0.0641. The smallest absolute Gasteiger partial charge is 0.256 e. The molecule has 1 rings (SSSR count). The lowest BCUT2D eigenvalue weighted by atomic mass is 10.1. The highest BCUT2D eigenvalue weighted by molar-refractivity contribution is 6.01. The number of amides is 2. The molecule has 0 saturated carbocycles. The fourth-order valence-electron chi connectivity index (χ4n) is 1.79. The molecule has 0 fully saturated rings. The number of carbonyl (C=O) groups is 2. The molecule has 0 radical (unpaired) electrons. The summed E-state index contributed by atoms with van der Waals surface area (Å²) in [4.78, 5) is 24.8. The summed E-state index contributed by atoms with van der Waals surface area (Å²) < 4.78 is 0. The zero-order chi connectivity index (χ0) is 14.4. The average Bonchev–Trinajstić information content (AvgIpc) is 2.35. The molecule has 0 aliphatic heterocycles. The topological polar surface area (TPSA) is 75.4 Å². The lowest BCUT2D eigenvalue weighted by molar-refractivity contribution is -0.118. The number of nitrogens with one attached hydrogen (secondary N) is 1. The zero-order valence-corrected chi connectivity index (χ0v) is 11.6. The normalized spacial score (nSPS) is 10.3. The number of para-hydroxylation sites is 1. The first-order valence-corrected chi connectivity index (χ1v) is 6.38. The van der Waals surface area contributed by atoms with E-state index in [-0.39, 0.29) is 18.5 Å². The number of primary amides is 1. The maximum Gasteiger partial charge on any atom is 0.256 e. The van der Waals surface area contributed by atoms with E-state index < -0.39 is 5.91 Å². The molecule has 19 heavy (non-hydrogen) atoms. The van der Waals surface area contributed by atoms with Crippen LogP contribution in [0.15, 0.2) is 24.3 Å². The van der Waals surface area contributed by atoms with Crippen molar-refractivity contribution in [2.75, 3.05) is 18.4 Å². The highest BCUT2D eigenvalue weighted by Crippen LogP contribution is 2.18. The van der Waals surface area contributed by atoms with Gasteiger partial charge >= 0.3 is 0 Å². The maximum absolute atomic E-state index is 12.4. The molecule has 1 aromatic carbocycles. The number of carbonyl (C=O) groups excluding carboxylic acids is 2. The lowest BCUT2D eigenvalue weighted by Crippen LogP contribution is -2.38. The fraction of sp³-hybridized carbons (Fsp3) is 0.429. The van der Waals surface area contributed by atoms with E-state index in [9.17, 15) is 9.59 Å². The third-order valence-corrected chi connectivity index (χ3v) is 2.62. The predicted octanol–water partition coefficient (Wildman–Crippen LogP) is 1.45. The molecule has 0 heterocycles. The third kappa shape index (κ3) is 4.28. The number of hydrogen-bond donors (Lipinski definition) is 2. The van der Waals surface area contributed by atoms with Crippen molar-refractivity contribution >= 4 is 17.5 Å². The predicted molar refractivity (Wildman–Crippen MR) is 76.0 cm³/mol. The molecule has 2 amide bonds. The van der Waals surface area contributed by atoms with Gasteiger partial charge in [0.2, 0.25) is 5.91 Å². The van der Waals surface area contributed by atoms with E-state index in [1.165, 1.54) is 4.90 Å². The van der Waals surface area contributed by atoms with Crippen molar-refractivity contribution in [2.45, 2.75) is 26.8 Å². The van der Waals surface area contributed by atoms with E-state index in [1.54, 1.807) is 12.1 Å². The number of nitrogens with two attached hydrogens (primary N) is 1. The van der Waals surface area contributed by atoms with Crippen LogP contribution in [0.25, 0.3) is 0 Å². The van der Waals surface area contributed by atoms with Crippen molar-refractivity contribution in [1.29, 1.82) is 0 Å². The van der Waals surface area contributed by atoms with Crippen LogP contribution in [-0.2, 0) is 4.79 Å². The average molecular weight is 263 g/mol. The van der Waals surface area contributed by atoms with Crippen LogP contribution in [0.4, 0.5) is 5.69 Å².